The van der Waals surface area contributed by atoms with Gasteiger partial charge in [-0.05, 0) is 18.6 Å². The quantitative estimate of drug-likeness (QED) is 0.938. The number of hydrogen-bond acceptors (Lipinski definition) is 4. The molecule has 1 N–H and O–H groups in total. The minimum atomic E-state index is -1.26. The highest BCUT2D eigenvalue weighted by molar-refractivity contribution is 6.33. The first-order chi connectivity index (χ1) is 8.95. The number of benzene rings is 1. The van der Waals surface area contributed by atoms with Crippen molar-refractivity contribution in [1.82, 2.24) is 5.16 Å². The zero-order valence-corrected chi connectivity index (χ0v) is 10.8. The van der Waals surface area contributed by atoms with Crippen LogP contribution in [0, 0.1) is 12.7 Å². The smallest absolute Gasteiger partial charge is 0.358 e. The van der Waals surface area contributed by atoms with Crippen LogP contribution in [-0.4, -0.2) is 23.3 Å². The van der Waals surface area contributed by atoms with E-state index >= 15 is 0 Å². The van der Waals surface area contributed by atoms with E-state index in [0.29, 0.717) is 5.56 Å². The zero-order chi connectivity index (χ0) is 14.2. The number of rotatable bonds is 3. The van der Waals surface area contributed by atoms with Crippen LogP contribution in [0.25, 0.3) is 11.3 Å². The predicted molar refractivity (Wildman–Crippen MR) is 65.2 cm³/mol. The van der Waals surface area contributed by atoms with Crippen LogP contribution in [-0.2, 0) is 0 Å². The molecule has 0 bridgehead atoms. The topological polar surface area (TPSA) is 72.6 Å². The molecule has 0 atom stereocenters. The maximum absolute atomic E-state index is 14.2. The summed E-state index contributed by atoms with van der Waals surface area (Å²) in [6.07, 6.45) is 0. The molecule has 2 aromatic rings. The number of aromatic carboxylic acids is 1. The molecule has 2 rings (SSSR count). The minimum Gasteiger partial charge on any atom is -0.492 e. The van der Waals surface area contributed by atoms with Crippen LogP contribution in [0.3, 0.4) is 0 Å². The fourth-order valence-electron chi connectivity index (χ4n) is 1.60. The third-order valence-electron chi connectivity index (χ3n) is 2.54. The number of ether oxygens (including phenoxy) is 1. The van der Waals surface area contributed by atoms with Crippen LogP contribution in [0.4, 0.5) is 4.39 Å². The van der Waals surface area contributed by atoms with E-state index in [-0.39, 0.29) is 27.8 Å². The summed E-state index contributed by atoms with van der Waals surface area (Å²) in [6.45, 7) is 1.67. The van der Waals surface area contributed by atoms with E-state index in [1.807, 2.05) is 0 Å². The van der Waals surface area contributed by atoms with E-state index < -0.39 is 11.8 Å². The van der Waals surface area contributed by atoms with Gasteiger partial charge in [0.1, 0.15) is 0 Å². The largest absolute Gasteiger partial charge is 0.492 e. The van der Waals surface area contributed by atoms with Crippen LogP contribution < -0.4 is 4.74 Å². The Morgan fingerprint density at radius 3 is 2.74 bits per heavy atom. The second kappa shape index (κ2) is 4.89. The zero-order valence-electron chi connectivity index (χ0n) is 10.0. The van der Waals surface area contributed by atoms with Crippen molar-refractivity contribution in [1.29, 1.82) is 0 Å². The SMILES string of the molecule is COc1c(F)c(-c2cc(C(=O)O)no2)cc(C)c1Cl. The van der Waals surface area contributed by atoms with E-state index in [1.54, 1.807) is 6.92 Å². The summed E-state index contributed by atoms with van der Waals surface area (Å²) >= 11 is 5.91. The average Bonchev–Trinajstić information content (AvgIpc) is 2.84. The Morgan fingerprint density at radius 2 is 2.21 bits per heavy atom. The molecule has 0 aliphatic heterocycles. The first kappa shape index (κ1) is 13.4. The number of aromatic nitrogens is 1. The van der Waals surface area contributed by atoms with E-state index in [2.05, 4.69) is 5.16 Å². The van der Waals surface area contributed by atoms with E-state index in [1.165, 1.54) is 13.2 Å². The lowest BCUT2D eigenvalue weighted by atomic mass is 10.1. The maximum Gasteiger partial charge on any atom is 0.358 e. The summed E-state index contributed by atoms with van der Waals surface area (Å²) in [5.41, 5.74) is 0.308. The van der Waals surface area contributed by atoms with Crippen molar-refractivity contribution < 1.29 is 23.6 Å². The van der Waals surface area contributed by atoms with Gasteiger partial charge in [-0.25, -0.2) is 9.18 Å². The van der Waals surface area contributed by atoms with Gasteiger partial charge >= 0.3 is 5.97 Å². The molecule has 19 heavy (non-hydrogen) atoms. The van der Waals surface area contributed by atoms with E-state index in [4.69, 9.17) is 26.0 Å². The fourth-order valence-corrected chi connectivity index (χ4v) is 1.82. The van der Waals surface area contributed by atoms with Crippen molar-refractivity contribution >= 4 is 17.6 Å². The molecule has 1 heterocycles. The normalized spacial score (nSPS) is 10.5. The van der Waals surface area contributed by atoms with Gasteiger partial charge < -0.3 is 14.4 Å². The third kappa shape index (κ3) is 2.26. The standard InChI is InChI=1S/C12H9ClFNO4/c1-5-3-6(10(14)11(18-2)9(5)13)8-4-7(12(16)17)15-19-8/h3-4H,1-2H3,(H,16,17). The Balaban J connectivity index is 2.61. The Hall–Kier alpha value is -2.08. The first-order valence-electron chi connectivity index (χ1n) is 5.18. The van der Waals surface area contributed by atoms with Gasteiger partial charge in [0.15, 0.2) is 23.0 Å². The molecule has 0 radical (unpaired) electrons. The summed E-state index contributed by atoms with van der Waals surface area (Å²) in [6, 6.07) is 2.57. The summed E-state index contributed by atoms with van der Waals surface area (Å²) in [5.74, 6) is -2.11. The molecule has 0 aliphatic carbocycles. The lowest BCUT2D eigenvalue weighted by Gasteiger charge is -2.09. The van der Waals surface area contributed by atoms with E-state index in [0.717, 1.165) is 6.07 Å². The van der Waals surface area contributed by atoms with Crippen LogP contribution >= 0.6 is 11.6 Å². The van der Waals surface area contributed by atoms with Crippen molar-refractivity contribution in [3.05, 3.63) is 34.2 Å². The van der Waals surface area contributed by atoms with Gasteiger partial charge in [0.05, 0.1) is 17.7 Å². The molecular weight excluding hydrogens is 277 g/mol. The number of hydrogen-bond donors (Lipinski definition) is 1. The minimum absolute atomic E-state index is 0.00651. The molecule has 0 aliphatic rings. The molecular formula is C12H9ClFNO4. The van der Waals surface area contributed by atoms with Gasteiger partial charge in [-0.1, -0.05) is 16.8 Å². The molecule has 0 amide bonds. The monoisotopic (exact) mass is 285 g/mol. The molecule has 1 aromatic heterocycles. The van der Waals surface area contributed by atoms with Crippen LogP contribution in [0.1, 0.15) is 16.1 Å². The Morgan fingerprint density at radius 1 is 1.53 bits per heavy atom. The van der Waals surface area contributed by atoms with Gasteiger partial charge in [-0.3, -0.25) is 0 Å². The Kier molecular flexibility index (Phi) is 3.44. The first-order valence-corrected chi connectivity index (χ1v) is 5.56. The molecule has 0 unspecified atom stereocenters. The molecule has 7 heteroatoms. The second-order valence-electron chi connectivity index (χ2n) is 3.78. The number of carboxylic acids is 1. The number of methoxy groups -OCH3 is 1. The number of aryl methyl sites for hydroxylation is 1. The number of nitrogens with zero attached hydrogens (tertiary/aromatic N) is 1. The van der Waals surface area contributed by atoms with Crippen LogP contribution in [0.2, 0.25) is 5.02 Å². The fraction of sp³-hybridized carbons (Fsp3) is 0.167. The molecule has 0 saturated carbocycles. The molecule has 100 valence electrons. The number of carboxylic acid groups (broad SMARTS) is 1. The van der Waals surface area contributed by atoms with Crippen LogP contribution in [0.5, 0.6) is 5.75 Å². The summed E-state index contributed by atoms with van der Waals surface area (Å²) in [7, 11) is 1.29. The predicted octanol–water partition coefficient (Wildman–Crippen LogP) is 3.15. The van der Waals surface area contributed by atoms with E-state index in [9.17, 15) is 9.18 Å². The van der Waals surface area contributed by atoms with Crippen molar-refractivity contribution in [3.8, 4) is 17.1 Å². The van der Waals surface area contributed by atoms with Crippen LogP contribution in [0.15, 0.2) is 16.7 Å². The van der Waals surface area contributed by atoms with Gasteiger partial charge in [0, 0.05) is 6.07 Å². The Bertz CT molecular complexity index is 653. The Labute approximate surface area is 112 Å². The van der Waals surface area contributed by atoms with Crippen molar-refractivity contribution in [2.75, 3.05) is 7.11 Å². The number of halogens is 2. The van der Waals surface area contributed by atoms with Crippen molar-refractivity contribution in [2.45, 2.75) is 6.92 Å². The molecule has 5 nitrogen and oxygen atoms in total. The highest BCUT2D eigenvalue weighted by atomic mass is 35.5. The van der Waals surface area contributed by atoms with Crippen molar-refractivity contribution in [2.24, 2.45) is 0 Å². The van der Waals surface area contributed by atoms with Gasteiger partial charge in [-0.2, -0.15) is 0 Å². The third-order valence-corrected chi connectivity index (χ3v) is 3.01. The second-order valence-corrected chi connectivity index (χ2v) is 4.16. The van der Waals surface area contributed by atoms with Gasteiger partial charge in [0.2, 0.25) is 0 Å². The highest BCUT2D eigenvalue weighted by Crippen LogP contribution is 2.37. The van der Waals surface area contributed by atoms with Crippen molar-refractivity contribution in [3.63, 3.8) is 0 Å². The molecule has 0 fully saturated rings. The summed E-state index contributed by atoms with van der Waals surface area (Å²) in [5, 5.41) is 12.2. The van der Waals surface area contributed by atoms with Gasteiger partial charge in [-0.15, -0.1) is 0 Å². The maximum atomic E-state index is 14.2. The average molecular weight is 286 g/mol. The summed E-state index contributed by atoms with van der Waals surface area (Å²) in [4.78, 5) is 10.7. The summed E-state index contributed by atoms with van der Waals surface area (Å²) < 4.78 is 23.9. The number of carbonyl (C=O) groups is 1. The lowest BCUT2D eigenvalue weighted by Crippen LogP contribution is -1.95. The molecule has 0 saturated heterocycles. The lowest BCUT2D eigenvalue weighted by molar-refractivity contribution is 0.0686. The molecule has 1 aromatic carbocycles. The molecule has 0 spiro atoms. The van der Waals surface area contributed by atoms with Gasteiger partial charge in [0.25, 0.3) is 0 Å². The highest BCUT2D eigenvalue weighted by Gasteiger charge is 2.21.